The molecule has 0 aliphatic carbocycles. The number of rotatable bonds is 5. The number of hydrogen-bond acceptors (Lipinski definition) is 3. The summed E-state index contributed by atoms with van der Waals surface area (Å²) in [5.41, 5.74) is 0. The molecule has 0 saturated heterocycles. The summed E-state index contributed by atoms with van der Waals surface area (Å²) in [4.78, 5) is 13.2. The average Bonchev–Trinajstić information content (AvgIpc) is 2.68. The molecule has 0 fully saturated rings. The van der Waals surface area contributed by atoms with Gasteiger partial charge in [0.15, 0.2) is 0 Å². The molecule has 0 aromatic carbocycles. The van der Waals surface area contributed by atoms with Gasteiger partial charge in [0.2, 0.25) is 5.91 Å². The molecule has 5 nitrogen and oxygen atoms in total. The number of amides is 1. The Kier molecular flexibility index (Phi) is 4.46. The molecule has 5 heteroatoms. The Morgan fingerprint density at radius 2 is 1.81 bits per heavy atom. The molecule has 1 unspecified atom stereocenters. The SMILES string of the molecule is CC(C)C(=O)NC(Cn1nccn1)C(C)C. The third-order valence-corrected chi connectivity index (χ3v) is 2.48. The van der Waals surface area contributed by atoms with Crippen LogP contribution in [-0.2, 0) is 11.3 Å². The summed E-state index contributed by atoms with van der Waals surface area (Å²) in [6, 6.07) is 0.0716. The van der Waals surface area contributed by atoms with Gasteiger partial charge in [0.05, 0.1) is 25.0 Å². The van der Waals surface area contributed by atoms with Crippen molar-refractivity contribution in [3.8, 4) is 0 Å². The van der Waals surface area contributed by atoms with Crippen LogP contribution in [0.25, 0.3) is 0 Å². The highest BCUT2D eigenvalue weighted by molar-refractivity contribution is 5.78. The van der Waals surface area contributed by atoms with E-state index in [9.17, 15) is 4.79 Å². The summed E-state index contributed by atoms with van der Waals surface area (Å²) >= 11 is 0. The van der Waals surface area contributed by atoms with Crippen molar-refractivity contribution in [2.75, 3.05) is 0 Å². The van der Waals surface area contributed by atoms with Crippen LogP contribution in [0.15, 0.2) is 12.4 Å². The van der Waals surface area contributed by atoms with Gasteiger partial charge in [-0.2, -0.15) is 15.0 Å². The van der Waals surface area contributed by atoms with Gasteiger partial charge >= 0.3 is 0 Å². The van der Waals surface area contributed by atoms with Crippen LogP contribution in [0.1, 0.15) is 27.7 Å². The van der Waals surface area contributed by atoms with Crippen LogP contribution < -0.4 is 5.32 Å². The van der Waals surface area contributed by atoms with E-state index < -0.39 is 0 Å². The first-order valence-corrected chi connectivity index (χ1v) is 5.65. The molecule has 1 N–H and O–H groups in total. The van der Waals surface area contributed by atoms with E-state index in [1.54, 1.807) is 17.2 Å². The number of carbonyl (C=O) groups is 1. The van der Waals surface area contributed by atoms with Crippen LogP contribution in [0.2, 0.25) is 0 Å². The molecule has 0 radical (unpaired) electrons. The van der Waals surface area contributed by atoms with Crippen molar-refractivity contribution in [1.82, 2.24) is 20.3 Å². The Morgan fingerprint density at radius 3 is 2.25 bits per heavy atom. The van der Waals surface area contributed by atoms with Crippen molar-refractivity contribution >= 4 is 5.91 Å². The van der Waals surface area contributed by atoms with Gasteiger partial charge in [-0.25, -0.2) is 0 Å². The van der Waals surface area contributed by atoms with E-state index in [4.69, 9.17) is 0 Å². The maximum absolute atomic E-state index is 11.6. The number of nitrogens with one attached hydrogen (secondary N) is 1. The summed E-state index contributed by atoms with van der Waals surface area (Å²) in [5, 5.41) is 11.1. The van der Waals surface area contributed by atoms with E-state index in [1.807, 2.05) is 13.8 Å². The lowest BCUT2D eigenvalue weighted by Crippen LogP contribution is -2.43. The lowest BCUT2D eigenvalue weighted by Gasteiger charge is -2.22. The van der Waals surface area contributed by atoms with E-state index in [2.05, 4.69) is 29.4 Å². The average molecular weight is 224 g/mol. The van der Waals surface area contributed by atoms with Crippen molar-refractivity contribution in [1.29, 1.82) is 0 Å². The molecule has 90 valence electrons. The summed E-state index contributed by atoms with van der Waals surface area (Å²) in [5.74, 6) is 0.436. The van der Waals surface area contributed by atoms with E-state index in [0.717, 1.165) is 0 Å². The Morgan fingerprint density at radius 1 is 1.25 bits per heavy atom. The van der Waals surface area contributed by atoms with Crippen LogP contribution in [-0.4, -0.2) is 26.9 Å². The second-order valence-electron chi connectivity index (χ2n) is 4.60. The van der Waals surface area contributed by atoms with E-state index in [-0.39, 0.29) is 17.9 Å². The van der Waals surface area contributed by atoms with Gasteiger partial charge in [-0.1, -0.05) is 27.7 Å². The van der Waals surface area contributed by atoms with Crippen molar-refractivity contribution < 1.29 is 4.79 Å². The first kappa shape index (κ1) is 12.7. The van der Waals surface area contributed by atoms with E-state index in [1.165, 1.54) is 0 Å². The van der Waals surface area contributed by atoms with Crippen molar-refractivity contribution in [3.63, 3.8) is 0 Å². The second-order valence-corrected chi connectivity index (χ2v) is 4.60. The monoisotopic (exact) mass is 224 g/mol. The Hall–Kier alpha value is -1.39. The Balaban J connectivity index is 2.58. The topological polar surface area (TPSA) is 59.8 Å². The fraction of sp³-hybridized carbons (Fsp3) is 0.727. The van der Waals surface area contributed by atoms with Gasteiger partial charge in [0, 0.05) is 5.92 Å². The van der Waals surface area contributed by atoms with E-state index >= 15 is 0 Å². The smallest absolute Gasteiger partial charge is 0.222 e. The molecule has 1 heterocycles. The zero-order chi connectivity index (χ0) is 12.1. The second kappa shape index (κ2) is 5.63. The largest absolute Gasteiger partial charge is 0.351 e. The molecule has 0 bridgehead atoms. The van der Waals surface area contributed by atoms with Crippen LogP contribution in [0.4, 0.5) is 0 Å². The van der Waals surface area contributed by atoms with Gasteiger partial charge < -0.3 is 5.32 Å². The maximum atomic E-state index is 11.6. The molecule has 1 rings (SSSR count). The molecule has 0 aliphatic rings. The molecule has 1 atom stereocenters. The maximum Gasteiger partial charge on any atom is 0.222 e. The van der Waals surface area contributed by atoms with Crippen LogP contribution in [0.5, 0.6) is 0 Å². The summed E-state index contributed by atoms with van der Waals surface area (Å²) < 4.78 is 0. The molecular weight excluding hydrogens is 204 g/mol. The van der Waals surface area contributed by atoms with Gasteiger partial charge in [-0.3, -0.25) is 4.79 Å². The quantitative estimate of drug-likeness (QED) is 0.814. The van der Waals surface area contributed by atoms with Gasteiger partial charge in [0.25, 0.3) is 0 Å². The van der Waals surface area contributed by atoms with Crippen molar-refractivity contribution in [2.45, 2.75) is 40.3 Å². The highest BCUT2D eigenvalue weighted by Crippen LogP contribution is 2.05. The van der Waals surface area contributed by atoms with Gasteiger partial charge in [0.1, 0.15) is 0 Å². The predicted octanol–water partition coefficient (Wildman–Crippen LogP) is 1.07. The number of carbonyl (C=O) groups excluding carboxylic acids is 1. The molecule has 1 amide bonds. The van der Waals surface area contributed by atoms with Crippen molar-refractivity contribution in [3.05, 3.63) is 12.4 Å². The van der Waals surface area contributed by atoms with E-state index in [0.29, 0.717) is 12.5 Å². The fourth-order valence-electron chi connectivity index (χ4n) is 1.29. The molecule has 0 saturated carbocycles. The van der Waals surface area contributed by atoms with Gasteiger partial charge in [-0.15, -0.1) is 0 Å². The minimum Gasteiger partial charge on any atom is -0.351 e. The zero-order valence-electron chi connectivity index (χ0n) is 10.3. The third-order valence-electron chi connectivity index (χ3n) is 2.48. The number of hydrogen-bond donors (Lipinski definition) is 1. The summed E-state index contributed by atoms with van der Waals surface area (Å²) in [6.07, 6.45) is 3.28. The predicted molar refractivity (Wildman–Crippen MR) is 61.6 cm³/mol. The number of nitrogens with zero attached hydrogens (tertiary/aromatic N) is 3. The van der Waals surface area contributed by atoms with Crippen molar-refractivity contribution in [2.24, 2.45) is 11.8 Å². The fourth-order valence-corrected chi connectivity index (χ4v) is 1.29. The first-order chi connectivity index (χ1) is 7.50. The molecule has 0 spiro atoms. The Bertz CT molecular complexity index is 319. The minimum atomic E-state index is 0.00632. The lowest BCUT2D eigenvalue weighted by atomic mass is 10.0. The molecular formula is C11H20N4O. The van der Waals surface area contributed by atoms with Crippen LogP contribution in [0.3, 0.4) is 0 Å². The third kappa shape index (κ3) is 3.64. The highest BCUT2D eigenvalue weighted by Gasteiger charge is 2.18. The molecule has 1 aromatic rings. The summed E-state index contributed by atoms with van der Waals surface area (Å²) in [7, 11) is 0. The molecule has 16 heavy (non-hydrogen) atoms. The minimum absolute atomic E-state index is 0.00632. The molecule has 1 aromatic heterocycles. The van der Waals surface area contributed by atoms with Crippen LogP contribution >= 0.6 is 0 Å². The standard InChI is InChI=1S/C11H20N4O/c1-8(2)10(14-11(16)9(3)4)7-15-12-5-6-13-15/h5-6,8-10H,7H2,1-4H3,(H,14,16). The highest BCUT2D eigenvalue weighted by atomic mass is 16.1. The van der Waals surface area contributed by atoms with Gasteiger partial charge in [-0.05, 0) is 5.92 Å². The molecule has 0 aliphatic heterocycles. The number of aromatic nitrogens is 3. The van der Waals surface area contributed by atoms with Crippen LogP contribution in [0, 0.1) is 11.8 Å². The normalized spacial score (nSPS) is 13.1. The zero-order valence-corrected chi connectivity index (χ0v) is 10.3. The Labute approximate surface area is 96.2 Å². The lowest BCUT2D eigenvalue weighted by molar-refractivity contribution is -0.125. The first-order valence-electron chi connectivity index (χ1n) is 5.65. The summed E-state index contributed by atoms with van der Waals surface area (Å²) in [6.45, 7) is 8.55.